The van der Waals surface area contributed by atoms with Gasteiger partial charge in [-0.15, -0.1) is 0 Å². The Morgan fingerprint density at radius 2 is 0.516 bits per heavy atom. The normalized spacial score (nSPS) is 11.7. The van der Waals surface area contributed by atoms with Crippen molar-refractivity contribution in [3.8, 4) is 89.5 Å². The van der Waals surface area contributed by atoms with E-state index in [0.717, 1.165) is 55.9 Å². The molecule has 0 saturated carbocycles. The summed E-state index contributed by atoms with van der Waals surface area (Å²) in [5.41, 5.74) is 20.7. The fourth-order valence-electron chi connectivity index (χ4n) is 8.20. The van der Waals surface area contributed by atoms with Gasteiger partial charge in [-0.2, -0.15) is 0 Å². The third kappa shape index (κ3) is 9.19. The molecule has 9 rings (SSSR count). The topological polar surface area (TPSA) is 25.8 Å². The lowest BCUT2D eigenvalue weighted by Gasteiger charge is -2.19. The van der Waals surface area contributed by atoms with Gasteiger partial charge in [-0.3, -0.25) is 0 Å². The highest BCUT2D eigenvalue weighted by Gasteiger charge is 2.16. The van der Waals surface area contributed by atoms with Gasteiger partial charge in [-0.1, -0.05) is 248 Å². The molecule has 64 heavy (non-hydrogen) atoms. The van der Waals surface area contributed by atoms with Crippen LogP contribution in [0.15, 0.2) is 207 Å². The van der Waals surface area contributed by atoms with Gasteiger partial charge in [0.2, 0.25) is 0 Å². The van der Waals surface area contributed by atoms with E-state index in [1.807, 2.05) is 6.08 Å². The lowest BCUT2D eigenvalue weighted by Crippen LogP contribution is -2.10. The van der Waals surface area contributed by atoms with Crippen LogP contribution in [0.3, 0.4) is 0 Å². The molecule has 1 heterocycles. The summed E-state index contributed by atoms with van der Waals surface area (Å²) in [6.07, 6.45) is 1.87. The molecular formula is C62H54N2. The number of hydrogen-bond acceptors (Lipinski definition) is 2. The number of benzene rings is 8. The third-order valence-electron chi connectivity index (χ3n) is 12.3. The zero-order valence-corrected chi connectivity index (χ0v) is 37.7. The number of rotatable bonds is 9. The van der Waals surface area contributed by atoms with Crippen LogP contribution in [0.5, 0.6) is 0 Å². The van der Waals surface area contributed by atoms with E-state index in [9.17, 15) is 0 Å². The molecule has 2 heteroatoms. The smallest absolute Gasteiger partial charge is 0.160 e. The highest BCUT2D eigenvalue weighted by Crippen LogP contribution is 2.34. The second-order valence-corrected chi connectivity index (χ2v) is 18.8. The molecular weight excluding hydrogens is 773 g/mol. The molecule has 8 aromatic carbocycles. The second-order valence-electron chi connectivity index (χ2n) is 18.8. The Morgan fingerprint density at radius 3 is 0.766 bits per heavy atom. The Bertz CT molecular complexity index is 2850. The van der Waals surface area contributed by atoms with E-state index in [1.165, 1.54) is 44.5 Å². The molecule has 0 amide bonds. The van der Waals surface area contributed by atoms with Crippen LogP contribution in [0.1, 0.15) is 58.2 Å². The first-order chi connectivity index (χ1) is 30.9. The molecule has 9 aromatic rings. The van der Waals surface area contributed by atoms with E-state index in [0.29, 0.717) is 5.82 Å². The van der Waals surface area contributed by atoms with Gasteiger partial charge >= 0.3 is 0 Å². The van der Waals surface area contributed by atoms with E-state index < -0.39 is 0 Å². The Hall–Kier alpha value is -7.42. The molecule has 2 nitrogen and oxygen atoms in total. The van der Waals surface area contributed by atoms with E-state index in [1.54, 1.807) is 0 Å². The first kappa shape index (κ1) is 41.9. The fourth-order valence-corrected chi connectivity index (χ4v) is 8.20. The Balaban J connectivity index is 1.00. The minimum atomic E-state index is 0.133. The molecule has 0 radical (unpaired) electrons. The van der Waals surface area contributed by atoms with Crippen LogP contribution < -0.4 is 0 Å². The average Bonchev–Trinajstić information content (AvgIpc) is 3.34. The zero-order valence-electron chi connectivity index (χ0n) is 37.7. The maximum Gasteiger partial charge on any atom is 0.160 e. The van der Waals surface area contributed by atoms with Crippen LogP contribution in [-0.4, -0.2) is 9.97 Å². The molecule has 0 unspecified atom stereocenters. The maximum atomic E-state index is 5.20. The molecule has 0 bridgehead atoms. The van der Waals surface area contributed by atoms with Crippen molar-refractivity contribution in [3.63, 3.8) is 0 Å². The third-order valence-corrected chi connectivity index (χ3v) is 12.3. The molecule has 0 saturated heterocycles. The van der Waals surface area contributed by atoms with Crippen LogP contribution in [0.4, 0.5) is 0 Å². The van der Waals surface area contributed by atoms with Gasteiger partial charge in [0.15, 0.2) is 5.82 Å². The number of nitrogens with zero attached hydrogens (tertiary/aromatic N) is 2. The largest absolute Gasteiger partial charge is 0.228 e. The molecule has 1 aromatic heterocycles. The van der Waals surface area contributed by atoms with Gasteiger partial charge in [-0.05, 0) is 89.2 Å². The first-order valence-corrected chi connectivity index (χ1v) is 22.2. The van der Waals surface area contributed by atoms with Crippen LogP contribution in [0, 0.1) is 0 Å². The minimum absolute atomic E-state index is 0.133. The minimum Gasteiger partial charge on any atom is -0.228 e. The van der Waals surface area contributed by atoms with Crippen molar-refractivity contribution >= 4 is 6.08 Å². The maximum absolute atomic E-state index is 5.20. The second kappa shape index (κ2) is 17.4. The Labute approximate surface area is 379 Å². The summed E-state index contributed by atoms with van der Waals surface area (Å²) in [5, 5.41) is 0. The van der Waals surface area contributed by atoms with E-state index in [2.05, 4.69) is 248 Å². The van der Waals surface area contributed by atoms with Gasteiger partial charge in [-0.25, -0.2) is 9.97 Å². The monoisotopic (exact) mass is 826 g/mol. The summed E-state index contributed by atoms with van der Waals surface area (Å²) in [5.74, 6) is 0.687. The van der Waals surface area contributed by atoms with Crippen molar-refractivity contribution in [1.29, 1.82) is 0 Å². The van der Waals surface area contributed by atoms with Crippen molar-refractivity contribution < 1.29 is 0 Å². The summed E-state index contributed by atoms with van der Waals surface area (Å²) < 4.78 is 0. The standard InChI is InChI=1S/C62H54N2/c1-8-42-9-11-43(12-10-42)48-21-27-53(28-22-48)58-41-59(54-29-23-49(24-30-54)44-13-17-46(18-14-44)51-33-37-56(38-34-51)61(2,3)4)64-60(63-58)55-31-25-50(26-32-55)45-15-19-47(20-16-45)52-35-39-57(40-36-52)62(5,6)7/h8-41H,1H2,2-7H3. The van der Waals surface area contributed by atoms with Gasteiger partial charge < -0.3 is 0 Å². The molecule has 312 valence electrons. The van der Waals surface area contributed by atoms with Gasteiger partial charge in [0.25, 0.3) is 0 Å². The predicted molar refractivity (Wildman–Crippen MR) is 273 cm³/mol. The van der Waals surface area contributed by atoms with Gasteiger partial charge in [0.05, 0.1) is 11.4 Å². The van der Waals surface area contributed by atoms with Crippen molar-refractivity contribution in [1.82, 2.24) is 9.97 Å². The summed E-state index contributed by atoms with van der Waals surface area (Å²) in [7, 11) is 0. The quantitative estimate of drug-likeness (QED) is 0.145. The van der Waals surface area contributed by atoms with E-state index in [4.69, 9.17) is 9.97 Å². The number of aromatic nitrogens is 2. The number of hydrogen-bond donors (Lipinski definition) is 0. The Kier molecular flexibility index (Phi) is 11.4. The van der Waals surface area contributed by atoms with Crippen LogP contribution in [0.25, 0.3) is 95.6 Å². The molecule has 0 spiro atoms. The van der Waals surface area contributed by atoms with Crippen molar-refractivity contribution in [2.75, 3.05) is 0 Å². The molecule has 0 N–H and O–H groups in total. The predicted octanol–water partition coefficient (Wildman–Crippen LogP) is 17.1. The molecule has 0 aliphatic rings. The lowest BCUT2D eigenvalue weighted by atomic mass is 9.86. The van der Waals surface area contributed by atoms with E-state index >= 15 is 0 Å². The summed E-state index contributed by atoms with van der Waals surface area (Å²) in [6, 6.07) is 72.2. The van der Waals surface area contributed by atoms with Crippen molar-refractivity contribution in [2.45, 2.75) is 52.4 Å². The van der Waals surface area contributed by atoms with Crippen LogP contribution in [0.2, 0.25) is 0 Å². The summed E-state index contributed by atoms with van der Waals surface area (Å²) in [4.78, 5) is 10.4. The van der Waals surface area contributed by atoms with Crippen LogP contribution in [-0.2, 0) is 10.8 Å². The van der Waals surface area contributed by atoms with Crippen molar-refractivity contribution in [2.24, 2.45) is 0 Å². The highest BCUT2D eigenvalue weighted by atomic mass is 14.9. The molecule has 0 aliphatic heterocycles. The van der Waals surface area contributed by atoms with E-state index in [-0.39, 0.29) is 10.8 Å². The highest BCUT2D eigenvalue weighted by molar-refractivity contribution is 5.78. The fraction of sp³-hybridized carbons (Fsp3) is 0.129. The zero-order chi connectivity index (χ0) is 44.4. The van der Waals surface area contributed by atoms with Crippen LogP contribution >= 0.6 is 0 Å². The average molecular weight is 827 g/mol. The van der Waals surface area contributed by atoms with Gasteiger partial charge in [0, 0.05) is 16.7 Å². The molecule has 0 atom stereocenters. The molecule has 0 fully saturated rings. The SMILES string of the molecule is C=Cc1ccc(-c2ccc(-c3cc(-c4ccc(-c5ccc(-c6ccc(C(C)(C)C)cc6)cc5)cc4)nc(-c4ccc(-c5ccc(-c6ccc(C(C)(C)C)cc6)cc5)cc4)n3)cc2)cc1. The van der Waals surface area contributed by atoms with Gasteiger partial charge in [0.1, 0.15) is 0 Å². The first-order valence-electron chi connectivity index (χ1n) is 22.2. The lowest BCUT2D eigenvalue weighted by molar-refractivity contribution is 0.590. The molecule has 0 aliphatic carbocycles. The summed E-state index contributed by atoms with van der Waals surface area (Å²) in [6.45, 7) is 17.4. The summed E-state index contributed by atoms with van der Waals surface area (Å²) >= 11 is 0. The van der Waals surface area contributed by atoms with Crippen molar-refractivity contribution in [3.05, 3.63) is 223 Å². The Morgan fingerprint density at radius 1 is 0.297 bits per heavy atom.